The standard InChI is InChI=1S/C20H24N2O3/c1-15-6-5-7-16(2)19(15)21-20(23)25-18-9-4-3-8-17(18)14-22-10-12-24-13-11-22/h3-9H,10-14H2,1-2H3,(H,21,23). The number of carbonyl (C=O) groups is 1. The molecule has 1 aliphatic heterocycles. The number of morpholine rings is 1. The molecular weight excluding hydrogens is 316 g/mol. The molecule has 0 saturated carbocycles. The van der Waals surface area contributed by atoms with Crippen LogP contribution in [0, 0.1) is 13.8 Å². The molecule has 0 unspecified atom stereocenters. The van der Waals surface area contributed by atoms with Crippen LogP contribution in [0.1, 0.15) is 16.7 Å². The first-order valence-corrected chi connectivity index (χ1v) is 8.56. The molecule has 25 heavy (non-hydrogen) atoms. The summed E-state index contributed by atoms with van der Waals surface area (Å²) in [6.07, 6.45) is -0.466. The van der Waals surface area contributed by atoms with E-state index in [1.165, 1.54) is 0 Å². The largest absolute Gasteiger partial charge is 0.417 e. The van der Waals surface area contributed by atoms with Crippen LogP contribution in [0.15, 0.2) is 42.5 Å². The number of nitrogens with zero attached hydrogens (tertiary/aromatic N) is 1. The molecule has 2 aromatic carbocycles. The molecule has 1 heterocycles. The summed E-state index contributed by atoms with van der Waals surface area (Å²) in [6.45, 7) is 7.96. The Morgan fingerprint density at radius 2 is 1.76 bits per heavy atom. The van der Waals surface area contributed by atoms with Crippen molar-refractivity contribution in [2.24, 2.45) is 0 Å². The van der Waals surface area contributed by atoms with E-state index in [2.05, 4.69) is 10.2 Å². The highest BCUT2D eigenvalue weighted by Crippen LogP contribution is 2.23. The molecule has 2 aromatic rings. The van der Waals surface area contributed by atoms with Gasteiger partial charge in [-0.25, -0.2) is 4.79 Å². The molecule has 0 aliphatic carbocycles. The molecule has 1 N–H and O–H groups in total. The number of ether oxygens (including phenoxy) is 2. The first kappa shape index (κ1) is 17.5. The van der Waals surface area contributed by atoms with Crippen LogP contribution in [0.2, 0.25) is 0 Å². The van der Waals surface area contributed by atoms with E-state index in [1.54, 1.807) is 0 Å². The zero-order chi connectivity index (χ0) is 17.6. The fourth-order valence-corrected chi connectivity index (χ4v) is 2.97. The van der Waals surface area contributed by atoms with Crippen LogP contribution in [-0.4, -0.2) is 37.3 Å². The average Bonchev–Trinajstić information content (AvgIpc) is 2.61. The van der Waals surface area contributed by atoms with Gasteiger partial charge in [-0.2, -0.15) is 0 Å². The molecule has 0 atom stereocenters. The number of hydrogen-bond donors (Lipinski definition) is 1. The van der Waals surface area contributed by atoms with Gasteiger partial charge in [0.1, 0.15) is 5.75 Å². The van der Waals surface area contributed by atoms with Gasteiger partial charge in [0.05, 0.1) is 13.2 Å². The molecule has 5 heteroatoms. The molecule has 1 aliphatic rings. The molecule has 5 nitrogen and oxygen atoms in total. The Hall–Kier alpha value is -2.37. The number of rotatable bonds is 4. The lowest BCUT2D eigenvalue weighted by Crippen LogP contribution is -2.35. The van der Waals surface area contributed by atoms with E-state index in [4.69, 9.17) is 9.47 Å². The summed E-state index contributed by atoms with van der Waals surface area (Å²) in [6, 6.07) is 13.6. The van der Waals surface area contributed by atoms with E-state index in [9.17, 15) is 4.79 Å². The average molecular weight is 340 g/mol. The van der Waals surface area contributed by atoms with E-state index >= 15 is 0 Å². The second-order valence-electron chi connectivity index (χ2n) is 6.28. The van der Waals surface area contributed by atoms with Crippen molar-refractivity contribution in [2.75, 3.05) is 31.6 Å². The van der Waals surface area contributed by atoms with Gasteiger partial charge < -0.3 is 9.47 Å². The first-order chi connectivity index (χ1) is 12.1. The number of para-hydroxylation sites is 2. The van der Waals surface area contributed by atoms with Crippen molar-refractivity contribution >= 4 is 11.8 Å². The van der Waals surface area contributed by atoms with Gasteiger partial charge in [0.2, 0.25) is 0 Å². The van der Waals surface area contributed by atoms with Gasteiger partial charge in [-0.15, -0.1) is 0 Å². The minimum Gasteiger partial charge on any atom is -0.410 e. The molecule has 1 fully saturated rings. The molecule has 0 spiro atoms. The summed E-state index contributed by atoms with van der Waals surface area (Å²) in [5.74, 6) is 0.595. The molecule has 3 rings (SSSR count). The maximum absolute atomic E-state index is 12.4. The minimum atomic E-state index is -0.466. The highest BCUT2D eigenvalue weighted by atomic mass is 16.6. The summed E-state index contributed by atoms with van der Waals surface area (Å²) in [5, 5.41) is 2.86. The van der Waals surface area contributed by atoms with Crippen molar-refractivity contribution in [3.8, 4) is 5.75 Å². The molecule has 0 aromatic heterocycles. The topological polar surface area (TPSA) is 50.8 Å². The predicted octanol–water partition coefficient (Wildman–Crippen LogP) is 3.75. The van der Waals surface area contributed by atoms with Gasteiger partial charge in [0.25, 0.3) is 0 Å². The second kappa shape index (κ2) is 8.14. The van der Waals surface area contributed by atoms with Crippen LogP contribution in [0.3, 0.4) is 0 Å². The number of amides is 1. The summed E-state index contributed by atoms with van der Waals surface area (Å²) in [5.41, 5.74) is 3.83. The molecule has 0 bridgehead atoms. The molecule has 1 saturated heterocycles. The smallest absolute Gasteiger partial charge is 0.410 e. The van der Waals surface area contributed by atoms with Crippen LogP contribution in [-0.2, 0) is 11.3 Å². The van der Waals surface area contributed by atoms with E-state index < -0.39 is 6.09 Å². The van der Waals surface area contributed by atoms with Gasteiger partial charge in [0.15, 0.2) is 0 Å². The van der Waals surface area contributed by atoms with Gasteiger partial charge in [0, 0.05) is 30.9 Å². The Labute approximate surface area is 148 Å². The van der Waals surface area contributed by atoms with E-state index in [-0.39, 0.29) is 0 Å². The van der Waals surface area contributed by atoms with Gasteiger partial charge in [-0.05, 0) is 31.0 Å². The lowest BCUT2D eigenvalue weighted by Gasteiger charge is -2.27. The Morgan fingerprint density at radius 3 is 2.48 bits per heavy atom. The fourth-order valence-electron chi connectivity index (χ4n) is 2.97. The third-order valence-corrected chi connectivity index (χ3v) is 4.38. The molecule has 0 radical (unpaired) electrons. The van der Waals surface area contributed by atoms with Crippen molar-refractivity contribution in [1.29, 1.82) is 0 Å². The Morgan fingerprint density at radius 1 is 1.08 bits per heavy atom. The van der Waals surface area contributed by atoms with Crippen LogP contribution in [0.25, 0.3) is 0 Å². The highest BCUT2D eigenvalue weighted by molar-refractivity contribution is 5.88. The number of benzene rings is 2. The van der Waals surface area contributed by atoms with Crippen molar-refractivity contribution in [2.45, 2.75) is 20.4 Å². The Balaban J connectivity index is 1.69. The van der Waals surface area contributed by atoms with Crippen LogP contribution >= 0.6 is 0 Å². The van der Waals surface area contributed by atoms with Crippen LogP contribution < -0.4 is 10.1 Å². The lowest BCUT2D eigenvalue weighted by atomic mass is 10.1. The SMILES string of the molecule is Cc1cccc(C)c1NC(=O)Oc1ccccc1CN1CCOCC1. The van der Waals surface area contributed by atoms with Crippen molar-refractivity contribution in [3.63, 3.8) is 0 Å². The summed E-state index contributed by atoms with van der Waals surface area (Å²) < 4.78 is 11.0. The van der Waals surface area contributed by atoms with Crippen LogP contribution in [0.4, 0.5) is 10.5 Å². The normalized spacial score (nSPS) is 15.0. The highest BCUT2D eigenvalue weighted by Gasteiger charge is 2.15. The quantitative estimate of drug-likeness (QED) is 0.921. The lowest BCUT2D eigenvalue weighted by molar-refractivity contribution is 0.0339. The zero-order valence-electron chi connectivity index (χ0n) is 14.7. The van der Waals surface area contributed by atoms with E-state index in [0.717, 1.165) is 55.2 Å². The number of anilines is 1. The maximum Gasteiger partial charge on any atom is 0.417 e. The summed E-state index contributed by atoms with van der Waals surface area (Å²) in [7, 11) is 0. The molecule has 132 valence electrons. The van der Waals surface area contributed by atoms with Crippen molar-refractivity contribution in [3.05, 3.63) is 59.2 Å². The molecule has 1 amide bonds. The first-order valence-electron chi connectivity index (χ1n) is 8.56. The van der Waals surface area contributed by atoms with Gasteiger partial charge in [-0.1, -0.05) is 36.4 Å². The van der Waals surface area contributed by atoms with E-state index in [1.807, 2.05) is 56.3 Å². The third-order valence-electron chi connectivity index (χ3n) is 4.38. The van der Waals surface area contributed by atoms with E-state index in [0.29, 0.717) is 5.75 Å². The molecular formula is C20H24N2O3. The predicted molar refractivity (Wildman–Crippen MR) is 98.1 cm³/mol. The third kappa shape index (κ3) is 4.59. The summed E-state index contributed by atoms with van der Waals surface area (Å²) in [4.78, 5) is 14.7. The number of carbonyl (C=O) groups excluding carboxylic acids is 1. The van der Waals surface area contributed by atoms with Crippen molar-refractivity contribution in [1.82, 2.24) is 4.90 Å². The number of hydrogen-bond acceptors (Lipinski definition) is 4. The number of aryl methyl sites for hydroxylation is 2. The Kier molecular flexibility index (Phi) is 5.68. The monoisotopic (exact) mass is 340 g/mol. The zero-order valence-corrected chi connectivity index (χ0v) is 14.7. The fraction of sp³-hybridized carbons (Fsp3) is 0.350. The van der Waals surface area contributed by atoms with Crippen LogP contribution in [0.5, 0.6) is 5.75 Å². The minimum absolute atomic E-state index is 0.466. The van der Waals surface area contributed by atoms with Crippen molar-refractivity contribution < 1.29 is 14.3 Å². The maximum atomic E-state index is 12.4. The Bertz CT molecular complexity index is 719. The van der Waals surface area contributed by atoms with Gasteiger partial charge >= 0.3 is 6.09 Å². The number of nitrogens with one attached hydrogen (secondary N) is 1. The van der Waals surface area contributed by atoms with Gasteiger partial charge in [-0.3, -0.25) is 10.2 Å². The second-order valence-corrected chi connectivity index (χ2v) is 6.28. The summed E-state index contributed by atoms with van der Waals surface area (Å²) >= 11 is 0.